The molecule has 0 saturated carbocycles. The fraction of sp³-hybridized carbons (Fsp3) is 0.615. The van der Waals surface area contributed by atoms with E-state index in [0.29, 0.717) is 23.8 Å². The first-order valence-corrected chi connectivity index (χ1v) is 12.4. The highest BCUT2D eigenvalue weighted by atomic mass is 16.6. The van der Waals surface area contributed by atoms with Crippen LogP contribution in [0.25, 0.3) is 0 Å². The van der Waals surface area contributed by atoms with Crippen LogP contribution in [0.2, 0.25) is 0 Å². The van der Waals surface area contributed by atoms with Crippen molar-refractivity contribution in [1.82, 2.24) is 9.80 Å². The van der Waals surface area contributed by atoms with E-state index < -0.39 is 0 Å². The molecule has 1 aromatic rings. The molecule has 3 heterocycles. The second-order valence-electron chi connectivity index (χ2n) is 9.85. The van der Waals surface area contributed by atoms with E-state index in [1.807, 2.05) is 12.1 Å². The Morgan fingerprint density at radius 3 is 2.62 bits per heavy atom. The zero-order valence-electron chi connectivity index (χ0n) is 18.9. The molecule has 3 saturated heterocycles. The van der Waals surface area contributed by atoms with Crippen LogP contribution in [0.5, 0.6) is 0 Å². The van der Waals surface area contributed by atoms with E-state index in [9.17, 15) is 10.1 Å². The third-order valence-corrected chi connectivity index (χ3v) is 7.91. The summed E-state index contributed by atoms with van der Waals surface area (Å²) in [6.45, 7) is 6.60. The molecule has 32 heavy (non-hydrogen) atoms. The summed E-state index contributed by atoms with van der Waals surface area (Å²) in [5, 5.41) is 11.1. The van der Waals surface area contributed by atoms with Gasteiger partial charge in [0, 0.05) is 43.1 Å². The summed E-state index contributed by atoms with van der Waals surface area (Å²) in [5.41, 5.74) is 1.37. The summed E-state index contributed by atoms with van der Waals surface area (Å²) >= 11 is 0. The first-order chi connectivity index (χ1) is 15.7. The summed E-state index contributed by atoms with van der Waals surface area (Å²) in [6.07, 6.45) is 14.6. The second-order valence-corrected chi connectivity index (χ2v) is 9.85. The van der Waals surface area contributed by atoms with E-state index in [0.717, 1.165) is 38.4 Å². The van der Waals surface area contributed by atoms with Gasteiger partial charge in [0.25, 0.3) is 5.69 Å². The average molecular weight is 438 g/mol. The van der Waals surface area contributed by atoms with Crippen LogP contribution in [0, 0.1) is 22.0 Å². The Bertz CT molecular complexity index is 860. The zero-order valence-corrected chi connectivity index (χ0v) is 18.9. The van der Waals surface area contributed by atoms with Gasteiger partial charge < -0.3 is 9.64 Å². The predicted octanol–water partition coefficient (Wildman–Crippen LogP) is 4.74. The highest BCUT2D eigenvalue weighted by Crippen LogP contribution is 2.46. The number of non-ortho nitro benzene ring substituents is 1. The maximum absolute atomic E-state index is 11.1. The molecule has 2 unspecified atom stereocenters. The largest absolute Gasteiger partial charge is 0.494 e. The molecule has 0 bridgehead atoms. The Balaban J connectivity index is 1.24. The van der Waals surface area contributed by atoms with Gasteiger partial charge in [-0.2, -0.15) is 0 Å². The minimum Gasteiger partial charge on any atom is -0.494 e. The maximum Gasteiger partial charge on any atom is 0.269 e. The molecule has 6 nitrogen and oxygen atoms in total. The van der Waals surface area contributed by atoms with Crippen LogP contribution >= 0.6 is 0 Å². The van der Waals surface area contributed by atoms with E-state index in [4.69, 9.17) is 4.74 Å². The van der Waals surface area contributed by atoms with Gasteiger partial charge in [0.05, 0.1) is 11.5 Å². The number of nitro groups is 1. The Hall–Kier alpha value is -2.18. The molecule has 3 aliphatic heterocycles. The lowest BCUT2D eigenvalue weighted by atomic mass is 9.69. The summed E-state index contributed by atoms with van der Waals surface area (Å²) in [7, 11) is 0. The van der Waals surface area contributed by atoms with Gasteiger partial charge in [-0.25, -0.2) is 0 Å². The lowest BCUT2D eigenvalue weighted by molar-refractivity contribution is -0.384. The van der Waals surface area contributed by atoms with Crippen molar-refractivity contribution in [3.05, 3.63) is 63.9 Å². The van der Waals surface area contributed by atoms with E-state index in [1.165, 1.54) is 50.8 Å². The van der Waals surface area contributed by atoms with Gasteiger partial charge in [0.1, 0.15) is 5.76 Å². The maximum atomic E-state index is 11.1. The number of piperidine rings is 2. The van der Waals surface area contributed by atoms with E-state index in [-0.39, 0.29) is 10.6 Å². The lowest BCUT2D eigenvalue weighted by Crippen LogP contribution is -2.48. The van der Waals surface area contributed by atoms with Crippen molar-refractivity contribution >= 4 is 5.69 Å². The predicted molar refractivity (Wildman–Crippen MR) is 125 cm³/mol. The van der Waals surface area contributed by atoms with Crippen molar-refractivity contribution < 1.29 is 9.66 Å². The number of benzene rings is 1. The highest BCUT2D eigenvalue weighted by Gasteiger charge is 2.45. The standard InChI is InChI=1S/C26H35N3O3/c30-29(31)21-9-7-20(8-10-21)25-19-28-16-4-6-26(28)24-18-22(11-12-23(24)25)32-17-5-15-27-13-2-1-3-14-27/h7-12,18,23-26H,1-6,13-17,19H2/t23-,24?,25?,26-/m1/s1. The number of nitro benzene ring substituents is 1. The monoisotopic (exact) mass is 437 g/mol. The topological polar surface area (TPSA) is 58.9 Å². The first kappa shape index (κ1) is 21.7. The quantitative estimate of drug-likeness (QED) is 0.350. The number of hydrogen-bond donors (Lipinski definition) is 0. The molecule has 0 N–H and O–H groups in total. The van der Waals surface area contributed by atoms with Crippen molar-refractivity contribution in [2.24, 2.45) is 11.8 Å². The Morgan fingerprint density at radius 2 is 1.84 bits per heavy atom. The smallest absolute Gasteiger partial charge is 0.269 e. The molecule has 3 fully saturated rings. The molecule has 0 aromatic heterocycles. The Labute approximate surface area is 191 Å². The summed E-state index contributed by atoms with van der Waals surface area (Å²) in [6, 6.07) is 7.81. The molecular formula is C26H35N3O3. The minimum atomic E-state index is -0.317. The van der Waals surface area contributed by atoms with Gasteiger partial charge >= 0.3 is 0 Å². The third kappa shape index (κ3) is 4.62. The normalized spacial score (nSPS) is 30.4. The molecule has 4 aliphatic rings. The number of nitrogens with zero attached hydrogens (tertiary/aromatic N) is 3. The summed E-state index contributed by atoms with van der Waals surface area (Å²) in [4.78, 5) is 16.0. The van der Waals surface area contributed by atoms with Crippen LogP contribution in [0.1, 0.15) is 50.0 Å². The molecule has 4 atom stereocenters. The number of fused-ring (bicyclic) bond motifs is 3. The van der Waals surface area contributed by atoms with Gasteiger partial charge in [-0.1, -0.05) is 24.6 Å². The number of allylic oxidation sites excluding steroid dienone is 2. The SMILES string of the molecule is O=[N+]([O-])c1ccc(C2CN3CCC[C@@H]3C3C=C(OCCCN4CCCCC4)C=C[C@@H]23)cc1. The molecular weight excluding hydrogens is 402 g/mol. The van der Waals surface area contributed by atoms with Crippen LogP contribution in [-0.2, 0) is 4.74 Å². The van der Waals surface area contributed by atoms with Crippen molar-refractivity contribution in [1.29, 1.82) is 0 Å². The van der Waals surface area contributed by atoms with Gasteiger partial charge in [-0.3, -0.25) is 15.0 Å². The fourth-order valence-electron chi connectivity index (χ4n) is 6.28. The van der Waals surface area contributed by atoms with Crippen LogP contribution in [0.3, 0.4) is 0 Å². The van der Waals surface area contributed by atoms with Gasteiger partial charge in [0.2, 0.25) is 0 Å². The van der Waals surface area contributed by atoms with E-state index in [2.05, 4.69) is 28.0 Å². The molecule has 5 rings (SSSR count). The number of hydrogen-bond acceptors (Lipinski definition) is 5. The van der Waals surface area contributed by atoms with Gasteiger partial charge in [-0.15, -0.1) is 0 Å². The van der Waals surface area contributed by atoms with Crippen LogP contribution in [0.4, 0.5) is 5.69 Å². The number of likely N-dealkylation sites (tertiary alicyclic amines) is 1. The molecule has 1 aromatic carbocycles. The van der Waals surface area contributed by atoms with Gasteiger partial charge in [0.15, 0.2) is 0 Å². The molecule has 1 aliphatic carbocycles. The number of rotatable bonds is 7. The van der Waals surface area contributed by atoms with E-state index >= 15 is 0 Å². The zero-order chi connectivity index (χ0) is 21.9. The van der Waals surface area contributed by atoms with Crippen molar-refractivity contribution in [3.8, 4) is 0 Å². The molecule has 172 valence electrons. The van der Waals surface area contributed by atoms with Crippen molar-refractivity contribution in [2.75, 3.05) is 39.3 Å². The van der Waals surface area contributed by atoms with Crippen LogP contribution < -0.4 is 0 Å². The minimum absolute atomic E-state index is 0.166. The lowest BCUT2D eigenvalue weighted by Gasteiger charge is -2.46. The Kier molecular flexibility index (Phi) is 6.60. The van der Waals surface area contributed by atoms with Gasteiger partial charge in [-0.05, 0) is 75.4 Å². The highest BCUT2D eigenvalue weighted by molar-refractivity contribution is 5.37. The van der Waals surface area contributed by atoms with Crippen LogP contribution in [0.15, 0.2) is 48.3 Å². The van der Waals surface area contributed by atoms with Crippen LogP contribution in [-0.4, -0.2) is 60.1 Å². The fourth-order valence-corrected chi connectivity index (χ4v) is 6.28. The summed E-state index contributed by atoms with van der Waals surface area (Å²) in [5.74, 6) is 2.27. The second kappa shape index (κ2) is 9.75. The number of ether oxygens (including phenoxy) is 1. The molecule has 0 spiro atoms. The summed E-state index contributed by atoms with van der Waals surface area (Å²) < 4.78 is 6.21. The van der Waals surface area contributed by atoms with E-state index in [1.54, 1.807) is 12.1 Å². The molecule has 6 heteroatoms. The molecule has 0 radical (unpaired) electrons. The Morgan fingerprint density at radius 1 is 1.03 bits per heavy atom. The third-order valence-electron chi connectivity index (χ3n) is 7.91. The van der Waals surface area contributed by atoms with Crippen molar-refractivity contribution in [3.63, 3.8) is 0 Å². The average Bonchev–Trinajstić information content (AvgIpc) is 3.31. The first-order valence-electron chi connectivity index (χ1n) is 12.4. The van der Waals surface area contributed by atoms with Crippen molar-refractivity contribution in [2.45, 2.75) is 50.5 Å². The molecule has 0 amide bonds.